The standard InChI is InChI=1S/C99H137N21O20/c1-52(2)39-73(108-84(55(7)8)120-96(136)81(54(5)6)117-93(133)76(42-61-27-17-14-18-28-61)111-87(127)69(101)44-63-47-103-70-31-21-19-29-67(63)70)92(132)118-82(58(11)122)97(137)114-74(43-62-34-36-66(124)37-35-62)89(129)107-56(9)85(125)110-77(45-64-48-104-71-32-22-20-30-68(64)71)91(131)113-78(46-65-49-102-51-105-65)94(134)119-83(59(12)123)98(138)116-80(50-121)95(135)112-75(41-60-25-15-13-16-26-60)90(130)109-72(33-23-24-38-100)88(128)106-57(10)86(126)115-79(99(139)140)40-53(3)4/h13-22,25-32,34-37,47-49,51-59,69,72-84,103-104,108,121-124H,23-24,33,38-46,50,100-101H2,1-12H3,(H,102,105)(H,106,128)(H,107,129)(H,109,130)(H,110,125)(H,111,127)(H,112,135)(H,113,131)(H,114,137)(H,115,126)(H,116,138)(H,117,133)(H,118,132)(H,119,134)(H,120,136)(H,139,140)/t56-,57-,58+,59+,69+,72-,73-,74-,75-,76+,77-,78-,79-,80-,81+,82-,83-,84+/m0/s1. The number of aromatic amines is 3. The summed E-state index contributed by atoms with van der Waals surface area (Å²) in [4.78, 5) is 228. The zero-order valence-electron chi connectivity index (χ0n) is 80.9. The van der Waals surface area contributed by atoms with E-state index in [4.69, 9.17) is 11.5 Å². The summed E-state index contributed by atoms with van der Waals surface area (Å²) in [6, 6.07) is 15.0. The number of aliphatic hydroxyl groups excluding tert-OH is 3. The van der Waals surface area contributed by atoms with Gasteiger partial charge in [0, 0.05) is 78.2 Å². The molecule has 3 aromatic heterocycles. The number of aliphatic carboxylic acids is 1. The van der Waals surface area contributed by atoms with Crippen LogP contribution < -0.4 is 91.2 Å². The number of carbonyl (C=O) groups excluding carboxylic acids is 14. The maximum Gasteiger partial charge on any atom is 0.326 e. The summed E-state index contributed by atoms with van der Waals surface area (Å²) < 4.78 is 0. The highest BCUT2D eigenvalue weighted by atomic mass is 16.4. The molecule has 758 valence electrons. The van der Waals surface area contributed by atoms with Crippen LogP contribution in [0.15, 0.2) is 158 Å². The molecule has 8 rings (SSSR count). The van der Waals surface area contributed by atoms with Crippen molar-refractivity contribution in [2.45, 2.75) is 263 Å². The fourth-order valence-corrected chi connectivity index (χ4v) is 15.7. The largest absolute Gasteiger partial charge is 0.508 e. The number of rotatable bonds is 56. The minimum Gasteiger partial charge on any atom is -0.508 e. The second kappa shape index (κ2) is 54.4. The Morgan fingerprint density at radius 1 is 0.364 bits per heavy atom. The van der Waals surface area contributed by atoms with Crippen LogP contribution in [0.5, 0.6) is 5.75 Å². The molecule has 0 fully saturated rings. The summed E-state index contributed by atoms with van der Waals surface area (Å²) in [6.45, 7) is 18.2. The van der Waals surface area contributed by atoms with Crippen molar-refractivity contribution in [3.8, 4) is 5.75 Å². The molecule has 0 unspecified atom stereocenters. The van der Waals surface area contributed by atoms with Crippen LogP contribution in [0.1, 0.15) is 149 Å². The van der Waals surface area contributed by atoms with E-state index in [1.54, 1.807) is 139 Å². The van der Waals surface area contributed by atoms with Crippen LogP contribution in [0.25, 0.3) is 21.8 Å². The normalized spacial score (nSPS) is 15.4. The zero-order chi connectivity index (χ0) is 103. The smallest absolute Gasteiger partial charge is 0.326 e. The van der Waals surface area contributed by atoms with Crippen LogP contribution in [0.3, 0.4) is 0 Å². The van der Waals surface area contributed by atoms with Crippen molar-refractivity contribution in [3.05, 3.63) is 192 Å². The first-order valence-electron chi connectivity index (χ1n) is 47.1. The fourth-order valence-electron chi connectivity index (χ4n) is 15.7. The Balaban J connectivity index is 0.966. The number of fused-ring (bicyclic) bond motifs is 2. The number of para-hydroxylation sites is 2. The molecule has 3 heterocycles. The van der Waals surface area contributed by atoms with Crippen molar-refractivity contribution in [3.63, 3.8) is 0 Å². The first-order valence-corrected chi connectivity index (χ1v) is 47.1. The number of carboxylic acid groups (broad SMARTS) is 1. The van der Waals surface area contributed by atoms with Gasteiger partial charge in [0.25, 0.3) is 0 Å². The Morgan fingerprint density at radius 3 is 1.20 bits per heavy atom. The van der Waals surface area contributed by atoms with E-state index in [1.165, 1.54) is 57.6 Å². The molecule has 0 spiro atoms. The summed E-state index contributed by atoms with van der Waals surface area (Å²) in [5.74, 6) is -15.7. The first kappa shape index (κ1) is 111. The van der Waals surface area contributed by atoms with E-state index in [0.29, 0.717) is 46.0 Å². The van der Waals surface area contributed by atoms with E-state index in [0.717, 1.165) is 23.4 Å². The van der Waals surface area contributed by atoms with E-state index in [9.17, 15) is 92.7 Å². The highest BCUT2D eigenvalue weighted by molar-refractivity contribution is 6.01. The number of nitrogens with two attached hydrogens (primary N) is 2. The van der Waals surface area contributed by atoms with Gasteiger partial charge in [-0.15, -0.1) is 0 Å². The number of nitrogens with zero attached hydrogens (tertiary/aromatic N) is 1. The number of hydrogen-bond donors (Lipinski definition) is 25. The number of aromatic nitrogens is 4. The topological polar surface area (TPSA) is 650 Å². The quantitative estimate of drug-likeness (QED) is 0.0180. The molecule has 41 nitrogen and oxygen atoms in total. The van der Waals surface area contributed by atoms with Crippen molar-refractivity contribution in [2.75, 3.05) is 13.2 Å². The van der Waals surface area contributed by atoms with Crippen LogP contribution in [0.2, 0.25) is 0 Å². The SMILES string of the molecule is CC(C)C[C@H](NC(=O)[C@H](C)NC(=O)[C@H](CCCCN)NC(=O)[C@H](Cc1ccccc1)NC(=O)[C@H](CO)NC(=O)[C@@H](NC(=O)[C@H](Cc1cnc[nH]1)NC(=O)[C@H](Cc1c[nH]c2ccccc12)NC(=O)[C@H](C)NC(=O)[C@H](Cc1ccc(O)cc1)NC(=O)[C@@H](NC(=O)[C@H](CC(C)C)N[C@H](NC(=O)[C@H](NC(=O)[C@@H](Cc1ccccc1)NC(=O)[C@H](N)Cc1c[nH]c2ccccc12)C(C)C)C(C)C)[C@@H](C)O)[C@@H](C)O)C(=O)O. The number of carbonyl (C=O) groups is 15. The number of aromatic hydroxyl groups is 1. The number of benzene rings is 5. The summed E-state index contributed by atoms with van der Waals surface area (Å²) in [5.41, 5.74) is 16.9. The van der Waals surface area contributed by atoms with Gasteiger partial charge in [0.15, 0.2) is 0 Å². The third kappa shape index (κ3) is 34.3. The van der Waals surface area contributed by atoms with Gasteiger partial charge in [0.2, 0.25) is 82.7 Å². The predicted molar refractivity (Wildman–Crippen MR) is 521 cm³/mol. The summed E-state index contributed by atoms with van der Waals surface area (Å²) >= 11 is 0. The van der Waals surface area contributed by atoms with Crippen LogP contribution in [0.4, 0.5) is 0 Å². The van der Waals surface area contributed by atoms with Gasteiger partial charge < -0.3 is 126 Å². The summed E-state index contributed by atoms with van der Waals surface area (Å²) in [6.07, 6.45) is 1.33. The lowest BCUT2D eigenvalue weighted by Crippen LogP contribution is -2.64. The fraction of sp³-hybridized carbons (Fsp3) is 0.475. The maximum absolute atomic E-state index is 15.2. The molecule has 0 saturated heterocycles. The Labute approximate surface area is 812 Å². The molecule has 14 amide bonds. The van der Waals surface area contributed by atoms with Crippen LogP contribution in [-0.2, 0) is 110 Å². The number of hydrogen-bond acceptors (Lipinski definition) is 23. The Bertz CT molecular complexity index is 5460. The second-order valence-electron chi connectivity index (χ2n) is 36.9. The van der Waals surface area contributed by atoms with Gasteiger partial charge in [0.1, 0.15) is 84.3 Å². The number of aliphatic hydroxyl groups is 3. The van der Waals surface area contributed by atoms with Crippen molar-refractivity contribution < 1.29 is 97.5 Å². The van der Waals surface area contributed by atoms with Crippen LogP contribution in [-0.4, -0.2) is 256 Å². The molecule has 8 aromatic rings. The van der Waals surface area contributed by atoms with Crippen molar-refractivity contribution in [1.29, 1.82) is 0 Å². The lowest BCUT2D eigenvalue weighted by molar-refractivity contribution is -0.142. The van der Waals surface area contributed by atoms with Gasteiger partial charge in [-0.25, -0.2) is 9.78 Å². The zero-order valence-corrected chi connectivity index (χ0v) is 80.9. The number of nitrogens with one attached hydrogen (secondary N) is 18. The highest BCUT2D eigenvalue weighted by Gasteiger charge is 2.41. The minimum atomic E-state index is -1.97. The highest BCUT2D eigenvalue weighted by Crippen LogP contribution is 2.24. The maximum atomic E-state index is 15.2. The molecule has 18 atom stereocenters. The molecule has 5 aromatic carbocycles. The number of imidazole rings is 1. The third-order valence-electron chi connectivity index (χ3n) is 23.6. The first-order chi connectivity index (χ1) is 66.5. The second-order valence-corrected chi connectivity index (χ2v) is 36.9. The Morgan fingerprint density at radius 2 is 0.743 bits per heavy atom. The van der Waals surface area contributed by atoms with Gasteiger partial charge >= 0.3 is 5.97 Å². The van der Waals surface area contributed by atoms with Gasteiger partial charge in [0.05, 0.1) is 43.4 Å². The third-order valence-corrected chi connectivity index (χ3v) is 23.6. The van der Waals surface area contributed by atoms with E-state index in [1.807, 2.05) is 38.1 Å². The molecular formula is C99H137N21O20. The molecule has 0 aliphatic heterocycles. The molecule has 41 heteroatoms. The van der Waals surface area contributed by atoms with E-state index >= 15 is 4.79 Å². The predicted octanol–water partition coefficient (Wildman–Crippen LogP) is 0.276. The van der Waals surface area contributed by atoms with E-state index in [-0.39, 0.29) is 81.2 Å². The van der Waals surface area contributed by atoms with Gasteiger partial charge in [-0.2, -0.15) is 0 Å². The lowest BCUT2D eigenvalue weighted by Gasteiger charge is -2.33. The summed E-state index contributed by atoms with van der Waals surface area (Å²) in [5, 5.41) is 95.0. The lowest BCUT2D eigenvalue weighted by atomic mass is 9.98. The molecule has 140 heavy (non-hydrogen) atoms. The average Bonchev–Trinajstić information content (AvgIpc) is 1.63. The van der Waals surface area contributed by atoms with E-state index in [2.05, 4.69) is 99.7 Å². The van der Waals surface area contributed by atoms with Crippen molar-refractivity contribution in [2.24, 2.45) is 35.1 Å². The van der Waals surface area contributed by atoms with Crippen molar-refractivity contribution >= 4 is 110 Å². The van der Waals surface area contributed by atoms with Gasteiger partial charge in [-0.1, -0.05) is 165 Å². The number of phenols is 1. The average molecular weight is 1940 g/mol. The van der Waals surface area contributed by atoms with Gasteiger partial charge in [-0.3, -0.25) is 72.4 Å². The molecule has 0 saturated carbocycles. The van der Waals surface area contributed by atoms with Crippen LogP contribution in [0, 0.1) is 23.7 Å². The van der Waals surface area contributed by atoms with Crippen LogP contribution >= 0.6 is 0 Å². The molecule has 27 N–H and O–H groups in total. The van der Waals surface area contributed by atoms with Gasteiger partial charge in [-0.05, 0) is 149 Å². The minimum absolute atomic E-state index is 0.0169. The number of amides is 14. The summed E-state index contributed by atoms with van der Waals surface area (Å²) in [7, 11) is 0. The number of unbranched alkanes of at least 4 members (excludes halogenated alkanes) is 1. The molecule has 0 aliphatic carbocycles. The van der Waals surface area contributed by atoms with Crippen molar-refractivity contribution in [1.82, 2.24) is 99.7 Å². The molecule has 0 radical (unpaired) electrons. The molecule has 0 aliphatic rings. The number of H-pyrrole nitrogens is 3. The van der Waals surface area contributed by atoms with E-state index < -0.39 is 223 Å². The molecule has 0 bridgehead atoms. The number of phenolic OH excluding ortho intramolecular Hbond substituents is 1. The number of carboxylic acids is 1. The Kier molecular flexibility index (Phi) is 43.2. The monoisotopic (exact) mass is 1940 g/mol. The molecular weight excluding hydrogens is 1800 g/mol. The Hall–Kier alpha value is -14.0.